The van der Waals surface area contributed by atoms with E-state index >= 15 is 0 Å². The Kier molecular flexibility index (Phi) is 5.41. The molecule has 1 aromatic rings. The summed E-state index contributed by atoms with van der Waals surface area (Å²) in [5.41, 5.74) is 0.245. The molecule has 0 atom stereocenters. The summed E-state index contributed by atoms with van der Waals surface area (Å²) in [7, 11) is 0. The third-order valence-electron chi connectivity index (χ3n) is 3.14. The van der Waals surface area contributed by atoms with Gasteiger partial charge in [0, 0.05) is 18.5 Å². The number of nitrogens with one attached hydrogen (secondary N) is 4. The molecule has 0 aliphatic carbocycles. The number of hydrogen-bond donors (Lipinski definition) is 4. The first-order chi connectivity index (χ1) is 11.4. The molecule has 2 rings (SSSR count). The van der Waals surface area contributed by atoms with Crippen LogP contribution in [-0.2, 0) is 11.3 Å². The van der Waals surface area contributed by atoms with Gasteiger partial charge in [-0.15, -0.1) is 0 Å². The summed E-state index contributed by atoms with van der Waals surface area (Å²) in [6.07, 6.45) is -0.906. The SMILES string of the molecule is C=C1C=C(C(F)F)N/C(=C(\C=N)C(=O)NCc2ccc(F)cc2)N1. The van der Waals surface area contributed by atoms with E-state index in [1.807, 2.05) is 0 Å². The second-order valence-electron chi connectivity index (χ2n) is 4.92. The maximum atomic E-state index is 12.8. The maximum absolute atomic E-state index is 12.8. The number of halogens is 3. The normalized spacial score (nSPS) is 16.0. The molecule has 0 bridgehead atoms. The molecular weight excluding hydrogens is 321 g/mol. The summed E-state index contributed by atoms with van der Waals surface area (Å²) in [5, 5.41) is 14.9. The quantitative estimate of drug-likeness (QED) is 0.492. The second kappa shape index (κ2) is 7.49. The van der Waals surface area contributed by atoms with Crippen molar-refractivity contribution in [2.24, 2.45) is 0 Å². The Balaban J connectivity index is 2.13. The van der Waals surface area contributed by atoms with Crippen LogP contribution in [0.5, 0.6) is 0 Å². The number of carbonyl (C=O) groups is 1. The average Bonchev–Trinajstić information content (AvgIpc) is 2.54. The summed E-state index contributed by atoms with van der Waals surface area (Å²) in [6, 6.07) is 5.52. The molecule has 1 aliphatic rings. The summed E-state index contributed by atoms with van der Waals surface area (Å²) in [4.78, 5) is 12.2. The van der Waals surface area contributed by atoms with Crippen LogP contribution in [0.1, 0.15) is 5.56 Å². The standard InChI is InChI=1S/C16H15F3N4O/c1-9-6-13(14(18)19)23-15(22-9)12(7-20)16(24)21-8-10-2-4-11(17)5-3-10/h2-7,14,20,22-23H,1,8H2,(H,21,24)/b15-12+,20-7?. The lowest BCUT2D eigenvalue weighted by atomic mass is 10.2. The lowest BCUT2D eigenvalue weighted by Gasteiger charge is -2.23. The molecule has 0 spiro atoms. The molecule has 126 valence electrons. The van der Waals surface area contributed by atoms with Crippen molar-refractivity contribution >= 4 is 12.1 Å². The summed E-state index contributed by atoms with van der Waals surface area (Å²) >= 11 is 0. The van der Waals surface area contributed by atoms with Gasteiger partial charge in [-0.05, 0) is 23.8 Å². The minimum Gasteiger partial charge on any atom is -0.348 e. The van der Waals surface area contributed by atoms with Crippen LogP contribution in [0.3, 0.4) is 0 Å². The first-order valence-electron chi connectivity index (χ1n) is 6.90. The molecule has 1 aliphatic heterocycles. The minimum atomic E-state index is -2.77. The molecule has 0 fully saturated rings. The van der Waals surface area contributed by atoms with E-state index in [-0.39, 0.29) is 23.6 Å². The highest BCUT2D eigenvalue weighted by atomic mass is 19.3. The predicted molar refractivity (Wildman–Crippen MR) is 83.6 cm³/mol. The Morgan fingerprint density at radius 2 is 1.96 bits per heavy atom. The molecule has 0 unspecified atom stereocenters. The van der Waals surface area contributed by atoms with Crippen LogP contribution >= 0.6 is 0 Å². The molecular formula is C16H15F3N4O. The van der Waals surface area contributed by atoms with Crippen molar-refractivity contribution < 1.29 is 18.0 Å². The van der Waals surface area contributed by atoms with E-state index < -0.39 is 23.8 Å². The van der Waals surface area contributed by atoms with Crippen LogP contribution in [-0.4, -0.2) is 18.5 Å². The van der Waals surface area contributed by atoms with Crippen molar-refractivity contribution in [2.75, 3.05) is 0 Å². The molecule has 0 saturated heterocycles. The lowest BCUT2D eigenvalue weighted by Crippen LogP contribution is -2.37. The third-order valence-corrected chi connectivity index (χ3v) is 3.14. The van der Waals surface area contributed by atoms with Gasteiger partial charge in [-0.2, -0.15) is 0 Å². The molecule has 8 heteroatoms. The summed E-state index contributed by atoms with van der Waals surface area (Å²) in [5.74, 6) is -1.09. The van der Waals surface area contributed by atoms with Crippen LogP contribution in [0.25, 0.3) is 0 Å². The van der Waals surface area contributed by atoms with Gasteiger partial charge in [0.05, 0.1) is 11.3 Å². The van der Waals surface area contributed by atoms with Crippen LogP contribution < -0.4 is 16.0 Å². The molecule has 5 nitrogen and oxygen atoms in total. The summed E-state index contributed by atoms with van der Waals surface area (Å²) < 4.78 is 38.5. The molecule has 0 saturated carbocycles. The number of rotatable bonds is 5. The van der Waals surface area contributed by atoms with E-state index in [0.717, 1.165) is 12.3 Å². The van der Waals surface area contributed by atoms with Gasteiger partial charge >= 0.3 is 0 Å². The largest absolute Gasteiger partial charge is 0.348 e. The lowest BCUT2D eigenvalue weighted by molar-refractivity contribution is -0.117. The minimum absolute atomic E-state index is 0.0515. The Morgan fingerprint density at radius 1 is 1.29 bits per heavy atom. The molecule has 1 aromatic carbocycles. The number of benzene rings is 1. The van der Waals surface area contributed by atoms with Gasteiger partial charge in [-0.25, -0.2) is 13.2 Å². The first-order valence-corrected chi connectivity index (χ1v) is 6.90. The van der Waals surface area contributed by atoms with Crippen molar-refractivity contribution in [3.05, 3.63) is 71.1 Å². The third kappa shape index (κ3) is 4.25. The zero-order chi connectivity index (χ0) is 17.7. The number of amides is 1. The summed E-state index contributed by atoms with van der Waals surface area (Å²) in [6.45, 7) is 3.64. The Hall–Kier alpha value is -3.03. The van der Waals surface area contributed by atoms with Crippen molar-refractivity contribution in [3.8, 4) is 0 Å². The van der Waals surface area contributed by atoms with Gasteiger partial charge in [0.2, 0.25) is 0 Å². The fourth-order valence-electron chi connectivity index (χ4n) is 1.98. The monoisotopic (exact) mass is 336 g/mol. The van der Waals surface area contributed by atoms with Crippen molar-refractivity contribution in [2.45, 2.75) is 13.0 Å². The second-order valence-corrected chi connectivity index (χ2v) is 4.92. The molecule has 24 heavy (non-hydrogen) atoms. The van der Waals surface area contributed by atoms with E-state index in [1.54, 1.807) is 0 Å². The average molecular weight is 336 g/mol. The van der Waals surface area contributed by atoms with E-state index in [1.165, 1.54) is 24.3 Å². The number of alkyl halides is 2. The zero-order valence-electron chi connectivity index (χ0n) is 12.5. The molecule has 0 radical (unpaired) electrons. The Morgan fingerprint density at radius 3 is 2.54 bits per heavy atom. The van der Waals surface area contributed by atoms with E-state index in [9.17, 15) is 18.0 Å². The zero-order valence-corrected chi connectivity index (χ0v) is 12.5. The number of allylic oxidation sites excluding steroid dienone is 2. The van der Waals surface area contributed by atoms with Gasteiger partial charge in [0.15, 0.2) is 0 Å². The first kappa shape index (κ1) is 17.3. The molecule has 1 amide bonds. The fourth-order valence-corrected chi connectivity index (χ4v) is 1.98. The van der Waals surface area contributed by atoms with Gasteiger partial charge in [-0.1, -0.05) is 18.7 Å². The molecule has 0 aromatic heterocycles. The highest BCUT2D eigenvalue weighted by molar-refractivity contribution is 6.12. The van der Waals surface area contributed by atoms with Crippen molar-refractivity contribution in [1.29, 1.82) is 5.41 Å². The van der Waals surface area contributed by atoms with Crippen LogP contribution in [0.2, 0.25) is 0 Å². The van der Waals surface area contributed by atoms with E-state index in [0.29, 0.717) is 5.56 Å². The highest BCUT2D eigenvalue weighted by Gasteiger charge is 2.22. The van der Waals surface area contributed by atoms with E-state index in [2.05, 4.69) is 22.5 Å². The smallest absolute Gasteiger partial charge is 0.278 e. The predicted octanol–water partition coefficient (Wildman–Crippen LogP) is 2.16. The van der Waals surface area contributed by atoms with Gasteiger partial charge in [-0.3, -0.25) is 4.79 Å². The highest BCUT2D eigenvalue weighted by Crippen LogP contribution is 2.15. The van der Waals surface area contributed by atoms with Gasteiger partial charge < -0.3 is 21.4 Å². The Labute approximate surface area is 136 Å². The van der Waals surface area contributed by atoms with Crippen LogP contribution in [0, 0.1) is 11.2 Å². The van der Waals surface area contributed by atoms with Gasteiger partial charge in [0.25, 0.3) is 12.3 Å². The van der Waals surface area contributed by atoms with E-state index in [4.69, 9.17) is 5.41 Å². The van der Waals surface area contributed by atoms with Crippen LogP contribution in [0.4, 0.5) is 13.2 Å². The number of carbonyl (C=O) groups excluding carboxylic acids is 1. The fraction of sp³-hybridized carbons (Fsp3) is 0.125. The topological polar surface area (TPSA) is 77.0 Å². The van der Waals surface area contributed by atoms with Gasteiger partial charge in [0.1, 0.15) is 11.6 Å². The van der Waals surface area contributed by atoms with Crippen molar-refractivity contribution in [1.82, 2.24) is 16.0 Å². The number of hydrogen-bond acceptors (Lipinski definition) is 4. The van der Waals surface area contributed by atoms with Crippen molar-refractivity contribution in [3.63, 3.8) is 0 Å². The van der Waals surface area contributed by atoms with Crippen LogP contribution in [0.15, 0.2) is 59.7 Å². The maximum Gasteiger partial charge on any atom is 0.278 e. The molecule has 1 heterocycles. The molecule has 4 N–H and O–H groups in total. The Bertz CT molecular complexity index is 723.